The lowest BCUT2D eigenvalue weighted by molar-refractivity contribution is -0.140. The first-order chi connectivity index (χ1) is 14.4. The van der Waals surface area contributed by atoms with E-state index in [1.165, 1.54) is 17.0 Å². The van der Waals surface area contributed by atoms with Gasteiger partial charge in [0, 0.05) is 24.7 Å². The molecule has 0 unspecified atom stereocenters. The van der Waals surface area contributed by atoms with E-state index in [4.69, 9.17) is 16.3 Å². The van der Waals surface area contributed by atoms with Crippen molar-refractivity contribution >= 4 is 23.4 Å². The molecule has 3 rings (SSSR count). The third-order valence-electron chi connectivity index (χ3n) is 5.23. The summed E-state index contributed by atoms with van der Waals surface area (Å²) in [5.41, 5.74) is 1.56. The fourth-order valence-corrected chi connectivity index (χ4v) is 3.54. The van der Waals surface area contributed by atoms with Crippen LogP contribution in [0.2, 0.25) is 5.02 Å². The molecule has 0 spiro atoms. The summed E-state index contributed by atoms with van der Waals surface area (Å²) in [5, 5.41) is 3.48. The largest absolute Gasteiger partial charge is 0.376 e. The van der Waals surface area contributed by atoms with Crippen LogP contribution in [-0.4, -0.2) is 42.0 Å². The highest BCUT2D eigenvalue weighted by Crippen LogP contribution is 2.16. The molecule has 2 amide bonds. The van der Waals surface area contributed by atoms with Crippen LogP contribution in [-0.2, 0) is 27.3 Å². The first-order valence-corrected chi connectivity index (χ1v) is 10.5. The van der Waals surface area contributed by atoms with Crippen LogP contribution in [0.25, 0.3) is 0 Å². The summed E-state index contributed by atoms with van der Waals surface area (Å²) in [4.78, 5) is 27.4. The lowest BCUT2D eigenvalue weighted by Gasteiger charge is -2.29. The van der Waals surface area contributed by atoms with Crippen molar-refractivity contribution in [3.63, 3.8) is 0 Å². The monoisotopic (exact) mass is 432 g/mol. The van der Waals surface area contributed by atoms with Crippen molar-refractivity contribution in [3.05, 3.63) is 70.5 Å². The van der Waals surface area contributed by atoms with Gasteiger partial charge in [0.2, 0.25) is 11.8 Å². The second-order valence-electron chi connectivity index (χ2n) is 7.51. The Kier molecular flexibility index (Phi) is 7.82. The Morgan fingerprint density at radius 1 is 1.17 bits per heavy atom. The Hall–Kier alpha value is -2.44. The van der Waals surface area contributed by atoms with Crippen LogP contribution in [0.4, 0.5) is 4.39 Å². The molecule has 2 atom stereocenters. The number of nitrogens with one attached hydrogen (secondary N) is 1. The normalized spacial score (nSPS) is 16.8. The second kappa shape index (κ2) is 10.5. The molecule has 2 aromatic rings. The number of carbonyl (C=O) groups is 2. The molecular weight excluding hydrogens is 407 g/mol. The van der Waals surface area contributed by atoms with Gasteiger partial charge in [-0.2, -0.15) is 0 Å². The van der Waals surface area contributed by atoms with Gasteiger partial charge in [0.1, 0.15) is 11.9 Å². The van der Waals surface area contributed by atoms with Crippen LogP contribution in [0.3, 0.4) is 0 Å². The van der Waals surface area contributed by atoms with Gasteiger partial charge in [-0.15, -0.1) is 0 Å². The minimum Gasteiger partial charge on any atom is -0.376 e. The summed E-state index contributed by atoms with van der Waals surface area (Å²) in [6, 6.07) is 12.3. The second-order valence-corrected chi connectivity index (χ2v) is 7.94. The van der Waals surface area contributed by atoms with Crippen LogP contribution in [0.5, 0.6) is 0 Å². The number of ether oxygens (including phenoxy) is 1. The number of halogens is 2. The smallest absolute Gasteiger partial charge is 0.242 e. The van der Waals surface area contributed by atoms with Gasteiger partial charge >= 0.3 is 0 Å². The van der Waals surface area contributed by atoms with E-state index >= 15 is 0 Å². The summed E-state index contributed by atoms with van der Waals surface area (Å²) in [6.07, 6.45) is 2.08. The predicted molar refractivity (Wildman–Crippen MR) is 114 cm³/mol. The lowest BCUT2D eigenvalue weighted by atomic mass is 10.1. The molecule has 30 heavy (non-hydrogen) atoms. The van der Waals surface area contributed by atoms with Crippen molar-refractivity contribution in [3.8, 4) is 0 Å². The van der Waals surface area contributed by atoms with Crippen molar-refractivity contribution in [1.82, 2.24) is 10.2 Å². The molecule has 1 aliphatic rings. The van der Waals surface area contributed by atoms with E-state index in [-0.39, 0.29) is 36.7 Å². The Balaban J connectivity index is 1.71. The average molecular weight is 433 g/mol. The number of hydrogen-bond donors (Lipinski definition) is 1. The minimum atomic E-state index is -0.684. The molecular formula is C23H26ClFN2O3. The van der Waals surface area contributed by atoms with Crippen molar-refractivity contribution in [2.75, 3.05) is 13.2 Å². The van der Waals surface area contributed by atoms with E-state index in [9.17, 15) is 14.0 Å². The van der Waals surface area contributed by atoms with Gasteiger partial charge in [-0.25, -0.2) is 4.39 Å². The predicted octanol–water partition coefficient (Wildman–Crippen LogP) is 3.73. The number of carbonyl (C=O) groups excluding carboxylic acids is 2. The van der Waals surface area contributed by atoms with Gasteiger partial charge in [0.05, 0.1) is 12.5 Å². The molecule has 0 bridgehead atoms. The van der Waals surface area contributed by atoms with Gasteiger partial charge in [-0.3, -0.25) is 9.59 Å². The van der Waals surface area contributed by atoms with Gasteiger partial charge in [-0.1, -0.05) is 35.9 Å². The molecule has 1 N–H and O–H groups in total. The number of amides is 2. The van der Waals surface area contributed by atoms with Gasteiger partial charge in [0.15, 0.2) is 0 Å². The summed E-state index contributed by atoms with van der Waals surface area (Å²) < 4.78 is 18.8. The molecule has 5 nitrogen and oxygen atoms in total. The van der Waals surface area contributed by atoms with E-state index in [2.05, 4.69) is 5.32 Å². The van der Waals surface area contributed by atoms with Crippen molar-refractivity contribution in [2.24, 2.45) is 0 Å². The van der Waals surface area contributed by atoms with Crippen molar-refractivity contribution < 1.29 is 18.7 Å². The molecule has 0 aromatic heterocycles. The van der Waals surface area contributed by atoms with E-state index in [1.807, 2.05) is 0 Å². The molecule has 2 aromatic carbocycles. The SMILES string of the molecule is C[C@@H](C(=O)NC[C@@H]1CCCO1)N(Cc1ccc(F)cc1)C(=O)Cc1ccc(Cl)cc1. The van der Waals surface area contributed by atoms with Crippen LogP contribution >= 0.6 is 11.6 Å². The maximum atomic E-state index is 13.3. The first-order valence-electron chi connectivity index (χ1n) is 10.1. The minimum absolute atomic E-state index is 0.0245. The fourth-order valence-electron chi connectivity index (χ4n) is 3.42. The summed E-state index contributed by atoms with van der Waals surface area (Å²) in [6.45, 7) is 3.06. The molecule has 0 radical (unpaired) electrons. The van der Waals surface area contributed by atoms with E-state index in [0.29, 0.717) is 18.2 Å². The number of rotatable bonds is 8. The Morgan fingerprint density at radius 2 is 1.83 bits per heavy atom. The molecule has 7 heteroatoms. The van der Waals surface area contributed by atoms with Crippen LogP contribution < -0.4 is 5.32 Å². The number of benzene rings is 2. The molecule has 0 saturated carbocycles. The maximum Gasteiger partial charge on any atom is 0.242 e. The third-order valence-corrected chi connectivity index (χ3v) is 5.48. The van der Waals surface area contributed by atoms with E-state index in [1.54, 1.807) is 43.3 Å². The summed E-state index contributed by atoms with van der Waals surface area (Å²) in [5.74, 6) is -0.779. The average Bonchev–Trinajstić information content (AvgIpc) is 3.26. The Bertz CT molecular complexity index is 852. The summed E-state index contributed by atoms with van der Waals surface area (Å²) in [7, 11) is 0. The first kappa shape index (κ1) is 22.2. The van der Waals surface area contributed by atoms with E-state index in [0.717, 1.165) is 24.0 Å². The van der Waals surface area contributed by atoms with Crippen molar-refractivity contribution in [1.29, 1.82) is 0 Å². The molecule has 1 heterocycles. The highest BCUT2D eigenvalue weighted by atomic mass is 35.5. The summed E-state index contributed by atoms with van der Waals surface area (Å²) >= 11 is 5.92. The molecule has 160 valence electrons. The quantitative estimate of drug-likeness (QED) is 0.691. The van der Waals surface area contributed by atoms with Crippen molar-refractivity contribution in [2.45, 2.75) is 44.9 Å². The third kappa shape index (κ3) is 6.28. The molecule has 0 aliphatic carbocycles. The van der Waals surface area contributed by atoms with Gasteiger partial charge in [0.25, 0.3) is 0 Å². The molecule has 1 fully saturated rings. The molecule has 1 aliphatic heterocycles. The fraction of sp³-hybridized carbons (Fsp3) is 0.391. The van der Waals surface area contributed by atoms with Gasteiger partial charge in [-0.05, 0) is 55.2 Å². The number of nitrogens with zero attached hydrogens (tertiary/aromatic N) is 1. The van der Waals surface area contributed by atoms with Crippen LogP contribution in [0, 0.1) is 5.82 Å². The Morgan fingerprint density at radius 3 is 2.47 bits per heavy atom. The van der Waals surface area contributed by atoms with E-state index < -0.39 is 6.04 Å². The zero-order chi connectivity index (χ0) is 21.5. The Labute approximate surface area is 181 Å². The zero-order valence-electron chi connectivity index (χ0n) is 16.9. The maximum absolute atomic E-state index is 13.3. The number of hydrogen-bond acceptors (Lipinski definition) is 3. The van der Waals surface area contributed by atoms with Crippen LogP contribution in [0.1, 0.15) is 30.9 Å². The standard InChI is InChI=1S/C23H26ClFN2O3/c1-16(23(29)26-14-21-3-2-12-30-21)27(15-18-6-10-20(25)11-7-18)22(28)13-17-4-8-19(24)9-5-17/h4-11,16,21H,2-3,12-15H2,1H3,(H,26,29)/t16-,21-/m0/s1. The molecule has 1 saturated heterocycles. The topological polar surface area (TPSA) is 58.6 Å². The van der Waals surface area contributed by atoms with Gasteiger partial charge < -0.3 is 15.0 Å². The highest BCUT2D eigenvalue weighted by Gasteiger charge is 2.27. The highest BCUT2D eigenvalue weighted by molar-refractivity contribution is 6.30. The lowest BCUT2D eigenvalue weighted by Crippen LogP contribution is -2.49. The van der Waals surface area contributed by atoms with Crippen LogP contribution in [0.15, 0.2) is 48.5 Å². The zero-order valence-corrected chi connectivity index (χ0v) is 17.7.